The van der Waals surface area contributed by atoms with E-state index in [9.17, 15) is 0 Å². The van der Waals surface area contributed by atoms with Crippen LogP contribution in [0.5, 0.6) is 0 Å². The van der Waals surface area contributed by atoms with Gasteiger partial charge in [0, 0.05) is 14.3 Å². The Balaban J connectivity index is 2.90. The number of hydrogen-bond donors (Lipinski definition) is 0. The Hall–Kier alpha value is 0.680. The zero-order chi connectivity index (χ0) is 7.14. The summed E-state index contributed by atoms with van der Waals surface area (Å²) in [5.41, 5.74) is 0. The molecule has 0 N–H and O–H groups in total. The van der Waals surface area contributed by atoms with E-state index in [4.69, 9.17) is 11.6 Å². The van der Waals surface area contributed by atoms with E-state index in [0.29, 0.717) is 0 Å². The molecule has 0 aliphatic rings. The second-order valence-electron chi connectivity index (χ2n) is 1.84. The summed E-state index contributed by atoms with van der Waals surface area (Å²) >= 11 is 11.6. The zero-order valence-electron chi connectivity index (χ0n) is 4.73. The van der Waals surface area contributed by atoms with Gasteiger partial charge in [0.1, 0.15) is 0 Å². The number of rotatable bonds is 0. The van der Waals surface area contributed by atoms with Crippen molar-refractivity contribution in [2.24, 2.45) is 0 Å². The second-order valence-corrected chi connectivity index (χ2v) is 5.82. The van der Waals surface area contributed by atoms with Gasteiger partial charge in [-0.25, -0.2) is 0 Å². The minimum absolute atomic E-state index is 0.889. The molecule has 0 aliphatic heterocycles. The Bertz CT molecular complexity index is 363. The second kappa shape index (κ2) is 2.62. The topological polar surface area (TPSA) is 0 Å². The van der Waals surface area contributed by atoms with Crippen LogP contribution in [0.25, 0.3) is 9.40 Å². The molecular formula is C6H2ClIS2. The Labute approximate surface area is 85.0 Å². The Morgan fingerprint density at radius 2 is 2.30 bits per heavy atom. The van der Waals surface area contributed by atoms with E-state index in [0.717, 1.165) is 4.34 Å². The molecule has 0 aliphatic carbocycles. The highest BCUT2D eigenvalue weighted by atomic mass is 127. The standard InChI is InChI=1S/C6H2ClIS2/c7-5-1-3-4(8)2-9-6(3)10-5/h1-2H. The van der Waals surface area contributed by atoms with Crippen molar-refractivity contribution < 1.29 is 0 Å². The highest BCUT2D eigenvalue weighted by Gasteiger charge is 2.04. The quantitative estimate of drug-likeness (QED) is 0.639. The average molecular weight is 301 g/mol. The van der Waals surface area contributed by atoms with Crippen LogP contribution in [0.4, 0.5) is 0 Å². The Kier molecular flexibility index (Phi) is 1.92. The third kappa shape index (κ3) is 1.09. The summed E-state index contributed by atoms with van der Waals surface area (Å²) in [4.78, 5) is 0. The van der Waals surface area contributed by atoms with Gasteiger partial charge in [-0.3, -0.25) is 0 Å². The van der Waals surface area contributed by atoms with Crippen molar-refractivity contribution in [3.63, 3.8) is 0 Å². The maximum atomic E-state index is 5.82. The van der Waals surface area contributed by atoms with Gasteiger partial charge in [0.2, 0.25) is 0 Å². The van der Waals surface area contributed by atoms with Crippen molar-refractivity contribution in [3.8, 4) is 0 Å². The minimum Gasteiger partial charge on any atom is -0.132 e. The van der Waals surface area contributed by atoms with Crippen LogP contribution < -0.4 is 0 Å². The van der Waals surface area contributed by atoms with Crippen LogP contribution in [-0.2, 0) is 0 Å². The van der Waals surface area contributed by atoms with Crippen molar-refractivity contribution >= 4 is 66.3 Å². The summed E-state index contributed by atoms with van der Waals surface area (Å²) in [6.45, 7) is 0. The van der Waals surface area contributed by atoms with Gasteiger partial charge in [0.05, 0.1) is 8.35 Å². The molecule has 4 heteroatoms. The Morgan fingerprint density at radius 3 is 3.00 bits per heavy atom. The lowest BCUT2D eigenvalue weighted by molar-refractivity contribution is 1.99. The third-order valence-corrected chi connectivity index (χ3v) is 4.89. The molecule has 0 bridgehead atoms. The van der Waals surface area contributed by atoms with E-state index in [1.807, 2.05) is 6.07 Å². The van der Waals surface area contributed by atoms with Gasteiger partial charge >= 0.3 is 0 Å². The highest BCUT2D eigenvalue weighted by Crippen LogP contribution is 2.36. The lowest BCUT2D eigenvalue weighted by atomic mass is 10.4. The predicted octanol–water partition coefficient (Wildman–Crippen LogP) is 4.22. The van der Waals surface area contributed by atoms with Gasteiger partial charge < -0.3 is 0 Å². The van der Waals surface area contributed by atoms with E-state index < -0.39 is 0 Å². The molecule has 52 valence electrons. The predicted molar refractivity (Wildman–Crippen MR) is 57.4 cm³/mol. The highest BCUT2D eigenvalue weighted by molar-refractivity contribution is 14.1. The first-order valence-corrected chi connectivity index (χ1v) is 5.74. The van der Waals surface area contributed by atoms with Crippen molar-refractivity contribution in [2.75, 3.05) is 0 Å². The van der Waals surface area contributed by atoms with Gasteiger partial charge in [-0.2, -0.15) is 0 Å². The number of hydrogen-bond acceptors (Lipinski definition) is 2. The smallest absolute Gasteiger partial charge is 0.0950 e. The fourth-order valence-corrected chi connectivity index (χ4v) is 4.29. The van der Waals surface area contributed by atoms with Crippen LogP contribution in [-0.4, -0.2) is 0 Å². The lowest BCUT2D eigenvalue weighted by Crippen LogP contribution is -1.54. The fourth-order valence-electron chi connectivity index (χ4n) is 0.768. The maximum Gasteiger partial charge on any atom is 0.0950 e. The van der Waals surface area contributed by atoms with E-state index >= 15 is 0 Å². The van der Waals surface area contributed by atoms with Gasteiger partial charge in [-0.05, 0) is 28.7 Å². The molecule has 0 spiro atoms. The number of halogens is 2. The molecular weight excluding hydrogens is 299 g/mol. The number of thiophene rings is 2. The number of fused-ring (bicyclic) bond motifs is 1. The molecule has 2 aromatic rings. The van der Waals surface area contributed by atoms with Gasteiger partial charge in [-0.1, -0.05) is 11.6 Å². The summed E-state index contributed by atoms with van der Waals surface area (Å²) in [6, 6.07) is 2.03. The van der Waals surface area contributed by atoms with Crippen LogP contribution in [0.15, 0.2) is 11.4 Å². The summed E-state index contributed by atoms with van der Waals surface area (Å²) in [5, 5.41) is 3.46. The van der Waals surface area contributed by atoms with E-state index in [-0.39, 0.29) is 0 Å². The molecule has 0 fully saturated rings. The molecule has 0 saturated carbocycles. The van der Waals surface area contributed by atoms with Crippen molar-refractivity contribution in [3.05, 3.63) is 19.4 Å². The van der Waals surface area contributed by atoms with Crippen LogP contribution in [0.2, 0.25) is 4.34 Å². The van der Waals surface area contributed by atoms with Crippen molar-refractivity contribution in [2.45, 2.75) is 0 Å². The van der Waals surface area contributed by atoms with E-state index in [1.165, 1.54) is 13.0 Å². The molecule has 0 nitrogen and oxygen atoms in total. The molecule has 10 heavy (non-hydrogen) atoms. The largest absolute Gasteiger partial charge is 0.132 e. The Morgan fingerprint density at radius 1 is 1.50 bits per heavy atom. The molecule has 0 unspecified atom stereocenters. The van der Waals surface area contributed by atoms with Crippen LogP contribution in [0.3, 0.4) is 0 Å². The van der Waals surface area contributed by atoms with Crippen LogP contribution in [0.1, 0.15) is 0 Å². The van der Waals surface area contributed by atoms with Crippen LogP contribution in [0, 0.1) is 3.57 Å². The molecule has 2 rings (SSSR count). The summed E-state index contributed by atoms with van der Waals surface area (Å²) in [6.07, 6.45) is 0. The molecule has 0 aromatic carbocycles. The zero-order valence-corrected chi connectivity index (χ0v) is 9.27. The van der Waals surface area contributed by atoms with Crippen molar-refractivity contribution in [1.29, 1.82) is 0 Å². The lowest BCUT2D eigenvalue weighted by Gasteiger charge is -1.74. The molecule has 0 radical (unpaired) electrons. The first-order chi connectivity index (χ1) is 4.77. The summed E-state index contributed by atoms with van der Waals surface area (Å²) in [7, 11) is 0. The SMILES string of the molecule is Clc1cc2c(I)csc2s1. The molecule has 0 amide bonds. The van der Waals surface area contributed by atoms with Gasteiger partial charge in [0.25, 0.3) is 0 Å². The molecule has 2 aromatic heterocycles. The van der Waals surface area contributed by atoms with Gasteiger partial charge in [0.15, 0.2) is 0 Å². The monoisotopic (exact) mass is 300 g/mol. The van der Waals surface area contributed by atoms with Crippen LogP contribution >= 0.6 is 56.9 Å². The third-order valence-electron chi connectivity index (χ3n) is 1.19. The minimum atomic E-state index is 0.889. The molecule has 2 heterocycles. The first kappa shape index (κ1) is 7.34. The van der Waals surface area contributed by atoms with Gasteiger partial charge in [-0.15, -0.1) is 22.7 Å². The molecule has 0 atom stereocenters. The normalized spacial score (nSPS) is 11.0. The van der Waals surface area contributed by atoms with Crippen molar-refractivity contribution in [1.82, 2.24) is 0 Å². The molecule has 0 saturated heterocycles. The van der Waals surface area contributed by atoms with E-state index in [2.05, 4.69) is 28.0 Å². The first-order valence-electron chi connectivity index (χ1n) is 2.59. The average Bonchev–Trinajstić information content (AvgIpc) is 2.35. The summed E-state index contributed by atoms with van der Waals surface area (Å²) < 4.78 is 3.52. The maximum absolute atomic E-state index is 5.82. The fraction of sp³-hybridized carbons (Fsp3) is 0. The van der Waals surface area contributed by atoms with E-state index in [1.54, 1.807) is 22.7 Å². The summed E-state index contributed by atoms with van der Waals surface area (Å²) in [5.74, 6) is 0.